The van der Waals surface area contributed by atoms with E-state index < -0.39 is 27.6 Å². The van der Waals surface area contributed by atoms with Gasteiger partial charge in [-0.2, -0.15) is 0 Å². The number of nitrogens with one attached hydrogen (secondary N) is 1. The zero-order valence-corrected chi connectivity index (χ0v) is 9.96. The lowest BCUT2D eigenvalue weighted by Gasteiger charge is -2.13. The molecule has 0 radical (unpaired) electrons. The lowest BCUT2D eigenvalue weighted by molar-refractivity contribution is -0.142. The normalized spacial score (nSPS) is 16.3. The van der Waals surface area contributed by atoms with Crippen LogP contribution in [0.15, 0.2) is 0 Å². The zero-order chi connectivity index (χ0) is 12.8. The van der Waals surface area contributed by atoms with Crippen LogP contribution >= 0.6 is 0 Å². The van der Waals surface area contributed by atoms with Gasteiger partial charge in [0, 0.05) is 27.7 Å². The Bertz CT molecular complexity index is 349. The minimum Gasteiger partial charge on any atom is -0.481 e. The molecule has 0 fully saturated rings. The second-order valence-corrected chi connectivity index (χ2v) is 6.02. The van der Waals surface area contributed by atoms with Gasteiger partial charge in [-0.25, -0.2) is 4.21 Å². The van der Waals surface area contributed by atoms with Crippen molar-refractivity contribution in [2.24, 2.45) is 5.92 Å². The first-order chi connectivity index (χ1) is 7.28. The summed E-state index contributed by atoms with van der Waals surface area (Å²) in [5.41, 5.74) is 0. The predicted octanol–water partition coefficient (Wildman–Crippen LogP) is 1.01. The second kappa shape index (κ2) is 6.47. The van der Waals surface area contributed by atoms with E-state index in [1.165, 1.54) is 0 Å². The number of hydrogen-bond donors (Lipinski definition) is 3. The van der Waals surface area contributed by atoms with E-state index in [9.17, 15) is 13.8 Å². The molecule has 2 unspecified atom stereocenters. The fraction of sp³-hybridized carbons (Fsp3) is 0.778. The maximum absolute atomic E-state index is 11.6. The number of hydrogen-bond acceptors (Lipinski definition) is 4. The van der Waals surface area contributed by atoms with Gasteiger partial charge in [0.05, 0.1) is 5.92 Å². The molecule has 0 aliphatic carbocycles. The summed E-state index contributed by atoms with van der Waals surface area (Å²) in [7, 11) is -2.90. The van der Waals surface area contributed by atoms with Gasteiger partial charge in [-0.3, -0.25) is 14.4 Å². The van der Waals surface area contributed by atoms with E-state index in [0.29, 0.717) is 6.42 Å². The van der Waals surface area contributed by atoms with Gasteiger partial charge in [0.2, 0.25) is 0 Å². The monoisotopic (exact) mass is 251 g/mol. The Labute approximate surface area is 94.6 Å². The Hall–Kier alpha value is -1.11. The summed E-state index contributed by atoms with van der Waals surface area (Å²) in [6.45, 7) is 1.77. The van der Waals surface area contributed by atoms with Gasteiger partial charge < -0.3 is 10.2 Å². The molecule has 94 valence electrons. The van der Waals surface area contributed by atoms with Gasteiger partial charge in [-0.1, -0.05) is 6.92 Å². The number of carboxylic acids is 2. The standard InChI is InChI=1S/C9H17NO5S/c1-2-5-16(10,15)6-7(9(13)14)3-4-8(11)12/h7,10H,2-6H2,1H3,(H,11,12)(H,13,14). The average Bonchev–Trinajstić information content (AvgIpc) is 2.11. The maximum Gasteiger partial charge on any atom is 0.307 e. The van der Waals surface area contributed by atoms with Crippen molar-refractivity contribution in [3.63, 3.8) is 0 Å². The van der Waals surface area contributed by atoms with Crippen molar-refractivity contribution in [3.05, 3.63) is 0 Å². The molecule has 0 aromatic heterocycles. The molecule has 0 bridgehead atoms. The molecule has 0 rings (SSSR count). The second-order valence-electron chi connectivity index (χ2n) is 3.65. The van der Waals surface area contributed by atoms with Crippen molar-refractivity contribution in [2.45, 2.75) is 26.2 Å². The van der Waals surface area contributed by atoms with Crippen molar-refractivity contribution in [1.82, 2.24) is 0 Å². The van der Waals surface area contributed by atoms with Crippen molar-refractivity contribution in [2.75, 3.05) is 11.5 Å². The van der Waals surface area contributed by atoms with E-state index in [4.69, 9.17) is 15.0 Å². The topological polar surface area (TPSA) is 116 Å². The smallest absolute Gasteiger partial charge is 0.307 e. The first-order valence-corrected chi connectivity index (χ1v) is 6.87. The van der Waals surface area contributed by atoms with Crippen LogP contribution in [0.5, 0.6) is 0 Å². The molecule has 3 N–H and O–H groups in total. The Balaban J connectivity index is 4.45. The first-order valence-electron chi connectivity index (χ1n) is 4.97. The van der Waals surface area contributed by atoms with Gasteiger partial charge >= 0.3 is 11.9 Å². The number of rotatable bonds is 8. The van der Waals surface area contributed by atoms with Gasteiger partial charge in [0.1, 0.15) is 0 Å². The van der Waals surface area contributed by atoms with Crippen molar-refractivity contribution in [3.8, 4) is 0 Å². The Morgan fingerprint density at radius 3 is 2.31 bits per heavy atom. The van der Waals surface area contributed by atoms with E-state index in [2.05, 4.69) is 0 Å². The molecule has 2 atom stereocenters. The van der Waals surface area contributed by atoms with E-state index in [1.807, 2.05) is 0 Å². The highest BCUT2D eigenvalue weighted by Gasteiger charge is 2.23. The van der Waals surface area contributed by atoms with Crippen LogP contribution in [0.3, 0.4) is 0 Å². The molecule has 0 heterocycles. The summed E-state index contributed by atoms with van der Waals surface area (Å²) in [4.78, 5) is 21.1. The molecular formula is C9H17NO5S. The van der Waals surface area contributed by atoms with Crippen molar-refractivity contribution in [1.29, 1.82) is 4.78 Å². The quantitative estimate of drug-likeness (QED) is 0.595. The molecule has 0 amide bonds. The van der Waals surface area contributed by atoms with Gasteiger partial charge in [-0.15, -0.1) is 0 Å². The highest BCUT2D eigenvalue weighted by Crippen LogP contribution is 2.12. The van der Waals surface area contributed by atoms with Crippen LogP contribution < -0.4 is 0 Å². The molecule has 7 heteroatoms. The summed E-state index contributed by atoms with van der Waals surface area (Å²) in [6.07, 6.45) is 0.191. The summed E-state index contributed by atoms with van der Waals surface area (Å²) in [5.74, 6) is -3.38. The van der Waals surface area contributed by atoms with E-state index in [1.54, 1.807) is 6.92 Å². The molecule has 0 spiro atoms. The Morgan fingerprint density at radius 1 is 1.38 bits per heavy atom. The largest absolute Gasteiger partial charge is 0.481 e. The van der Waals surface area contributed by atoms with Crippen molar-refractivity contribution < 1.29 is 24.0 Å². The molecule has 16 heavy (non-hydrogen) atoms. The molecule has 0 saturated heterocycles. The molecule has 0 aromatic carbocycles. The van der Waals surface area contributed by atoms with Crippen molar-refractivity contribution >= 4 is 21.7 Å². The summed E-state index contributed by atoms with van der Waals surface area (Å²) < 4.78 is 19.1. The van der Waals surface area contributed by atoms with Gasteiger partial charge in [0.15, 0.2) is 0 Å². The summed E-state index contributed by atoms with van der Waals surface area (Å²) in [6, 6.07) is 0. The molecule has 0 aromatic rings. The summed E-state index contributed by atoms with van der Waals surface area (Å²) >= 11 is 0. The highest BCUT2D eigenvalue weighted by atomic mass is 32.2. The lowest BCUT2D eigenvalue weighted by atomic mass is 10.1. The Morgan fingerprint density at radius 2 is 1.94 bits per heavy atom. The first kappa shape index (κ1) is 14.9. The Kier molecular flexibility index (Phi) is 6.02. The fourth-order valence-corrected chi connectivity index (χ4v) is 3.10. The van der Waals surface area contributed by atoms with Crippen LogP contribution in [0.2, 0.25) is 0 Å². The third-order valence-electron chi connectivity index (χ3n) is 2.06. The number of aliphatic carboxylic acids is 2. The van der Waals surface area contributed by atoms with Crippen LogP contribution in [0.4, 0.5) is 0 Å². The van der Waals surface area contributed by atoms with Crippen LogP contribution in [-0.2, 0) is 19.3 Å². The predicted molar refractivity (Wildman–Crippen MR) is 58.9 cm³/mol. The molecule has 0 aliphatic heterocycles. The SMILES string of the molecule is CCCS(=N)(=O)CC(CCC(=O)O)C(=O)O. The van der Waals surface area contributed by atoms with Crippen LogP contribution in [0.1, 0.15) is 26.2 Å². The molecule has 0 saturated carbocycles. The molecular weight excluding hydrogens is 234 g/mol. The minimum absolute atomic E-state index is 0.0791. The van der Waals surface area contributed by atoms with Crippen LogP contribution in [0.25, 0.3) is 0 Å². The minimum atomic E-state index is -2.90. The van der Waals surface area contributed by atoms with E-state index >= 15 is 0 Å². The van der Waals surface area contributed by atoms with E-state index in [-0.39, 0.29) is 24.3 Å². The van der Waals surface area contributed by atoms with Crippen LogP contribution in [0, 0.1) is 10.7 Å². The average molecular weight is 251 g/mol. The lowest BCUT2D eigenvalue weighted by Crippen LogP contribution is -2.25. The molecule has 0 aliphatic rings. The third kappa shape index (κ3) is 6.39. The van der Waals surface area contributed by atoms with E-state index in [0.717, 1.165) is 0 Å². The van der Waals surface area contributed by atoms with Gasteiger partial charge in [0.25, 0.3) is 0 Å². The zero-order valence-electron chi connectivity index (χ0n) is 9.14. The fourth-order valence-electron chi connectivity index (χ4n) is 1.31. The highest BCUT2D eigenvalue weighted by molar-refractivity contribution is 7.92. The van der Waals surface area contributed by atoms with Gasteiger partial charge in [-0.05, 0) is 12.8 Å². The maximum atomic E-state index is 11.6. The third-order valence-corrected chi connectivity index (χ3v) is 4.07. The van der Waals surface area contributed by atoms with Crippen LogP contribution in [-0.4, -0.2) is 37.9 Å². The molecule has 6 nitrogen and oxygen atoms in total. The summed E-state index contributed by atoms with van der Waals surface area (Å²) in [5, 5.41) is 17.3. The number of carboxylic acid groups (broad SMARTS) is 2. The number of carbonyl (C=O) groups is 2.